The van der Waals surface area contributed by atoms with Crippen LogP contribution in [0, 0.1) is 0 Å². The molecule has 5 aromatic rings. The van der Waals surface area contributed by atoms with E-state index < -0.39 is 43.6 Å². The number of hydrogen-bond acceptors (Lipinski definition) is 9. The minimum atomic E-state index is -2.49. The van der Waals surface area contributed by atoms with Gasteiger partial charge in [0.05, 0.1) is 18.2 Å². The van der Waals surface area contributed by atoms with Gasteiger partial charge in [-0.05, 0) is 98.4 Å². The SMILES string of the molecule is CC(C)(C)OC(=O)N(Cc1ccc(C(=O)NCCCNC(=O)c2cccc(C(O)(C(=O)O)c3ccccc3)c2)cc1)CC(O[Si](C)(C)C(C)(C)C)c1ccc(O)c2[nH]c(=O)ccc12. The number of carbonyl (C=O) groups is 4. The van der Waals surface area contributed by atoms with Crippen LogP contribution >= 0.6 is 0 Å². The molecule has 0 bridgehead atoms. The van der Waals surface area contributed by atoms with Gasteiger partial charge in [0.15, 0.2) is 8.32 Å². The normalized spacial score (nSPS) is 13.4. The first-order chi connectivity index (χ1) is 29.5. The Bertz CT molecular complexity index is 2490. The van der Waals surface area contributed by atoms with Crippen molar-refractivity contribution < 1.29 is 43.7 Å². The lowest BCUT2D eigenvalue weighted by Gasteiger charge is -2.41. The van der Waals surface area contributed by atoms with Crippen LogP contribution in [0.3, 0.4) is 0 Å². The number of nitrogens with zero attached hydrogens (tertiary/aromatic N) is 1. The number of rotatable bonds is 16. The number of carboxylic acid groups (broad SMARTS) is 1. The fraction of sp³-hybridized carbons (Fsp3) is 0.354. The molecule has 0 aliphatic carbocycles. The highest BCUT2D eigenvalue weighted by molar-refractivity contribution is 6.74. The Balaban J connectivity index is 1.25. The summed E-state index contributed by atoms with van der Waals surface area (Å²) in [6.45, 7) is 16.6. The van der Waals surface area contributed by atoms with Crippen molar-refractivity contribution in [3.63, 3.8) is 0 Å². The molecule has 2 atom stereocenters. The second kappa shape index (κ2) is 19.4. The molecule has 0 saturated heterocycles. The van der Waals surface area contributed by atoms with E-state index in [0.717, 1.165) is 5.56 Å². The Kier molecular flexibility index (Phi) is 14.7. The number of carbonyl (C=O) groups excluding carboxylic acids is 3. The van der Waals surface area contributed by atoms with Crippen molar-refractivity contribution in [1.29, 1.82) is 0 Å². The molecule has 334 valence electrons. The molecule has 2 unspecified atom stereocenters. The zero-order valence-electron chi connectivity index (χ0n) is 37.1. The van der Waals surface area contributed by atoms with E-state index in [9.17, 15) is 39.3 Å². The van der Waals surface area contributed by atoms with Crippen molar-refractivity contribution in [3.05, 3.63) is 147 Å². The topological polar surface area (TPSA) is 208 Å². The molecule has 5 rings (SSSR count). The summed E-state index contributed by atoms with van der Waals surface area (Å²) in [6, 6.07) is 26.9. The maximum atomic E-state index is 13.9. The largest absolute Gasteiger partial charge is 0.506 e. The average Bonchev–Trinajstić information content (AvgIpc) is 3.22. The molecule has 0 radical (unpaired) electrons. The maximum Gasteiger partial charge on any atom is 0.410 e. The number of fused-ring (bicyclic) bond motifs is 1. The van der Waals surface area contributed by atoms with Gasteiger partial charge in [-0.2, -0.15) is 0 Å². The minimum Gasteiger partial charge on any atom is -0.506 e. The standard InChI is InChI=1S/C48H58N4O10Si/c1-46(2,3)61-45(59)52(30-39(62-63(7,8)47(4,5)6)36-22-24-38(53)41-37(36)23-25-40(54)51-41)29-31-18-20-32(21-19-31)42(55)49-26-13-27-50-43(56)33-14-12-17-35(28-33)48(60,44(57)58)34-15-10-9-11-16-34/h9-12,14-25,28,39,53,60H,13,26-27,29-30H2,1-8H3,(H,49,55)(H,50,56)(H,51,54)(H,57,58). The van der Waals surface area contributed by atoms with Crippen molar-refractivity contribution in [2.45, 2.75) is 89.9 Å². The molecule has 0 saturated carbocycles. The number of nitrogens with one attached hydrogen (secondary N) is 3. The van der Waals surface area contributed by atoms with Gasteiger partial charge >= 0.3 is 12.1 Å². The van der Waals surface area contributed by atoms with Crippen molar-refractivity contribution in [1.82, 2.24) is 20.5 Å². The Morgan fingerprint density at radius 3 is 2.00 bits per heavy atom. The van der Waals surface area contributed by atoms with E-state index in [1.807, 2.05) is 0 Å². The van der Waals surface area contributed by atoms with Crippen molar-refractivity contribution in [2.75, 3.05) is 19.6 Å². The number of aliphatic carboxylic acids is 1. The fourth-order valence-electron chi connectivity index (χ4n) is 6.66. The van der Waals surface area contributed by atoms with E-state index in [2.05, 4.69) is 49.5 Å². The number of ether oxygens (including phenoxy) is 1. The molecule has 6 N–H and O–H groups in total. The van der Waals surface area contributed by atoms with Crippen LogP contribution in [0.2, 0.25) is 18.1 Å². The lowest BCUT2D eigenvalue weighted by Crippen LogP contribution is -2.45. The summed E-state index contributed by atoms with van der Waals surface area (Å²) in [5.41, 5.74) is -1.10. The number of aromatic nitrogens is 1. The first kappa shape index (κ1) is 47.8. The zero-order chi connectivity index (χ0) is 46.3. The lowest BCUT2D eigenvalue weighted by molar-refractivity contribution is -0.155. The number of aliphatic hydroxyl groups is 1. The fourth-order valence-corrected chi connectivity index (χ4v) is 7.92. The van der Waals surface area contributed by atoms with E-state index in [0.29, 0.717) is 22.9 Å². The van der Waals surface area contributed by atoms with Gasteiger partial charge in [0.1, 0.15) is 11.4 Å². The highest BCUT2D eigenvalue weighted by Gasteiger charge is 2.42. The number of amides is 3. The van der Waals surface area contributed by atoms with Crippen LogP contribution in [0.1, 0.15) is 97.0 Å². The van der Waals surface area contributed by atoms with Gasteiger partial charge in [-0.3, -0.25) is 14.4 Å². The molecule has 1 aromatic heterocycles. The van der Waals surface area contributed by atoms with Crippen LogP contribution in [0.25, 0.3) is 10.9 Å². The molecular formula is C48H58N4O10Si. The molecule has 0 aliphatic heterocycles. The predicted molar refractivity (Wildman–Crippen MR) is 243 cm³/mol. The van der Waals surface area contributed by atoms with Crippen molar-refractivity contribution >= 4 is 43.1 Å². The second-order valence-corrected chi connectivity index (χ2v) is 22.8. The summed E-state index contributed by atoms with van der Waals surface area (Å²) in [5.74, 6) is -2.36. The van der Waals surface area contributed by atoms with Gasteiger partial charge in [0.25, 0.3) is 11.8 Å². The number of phenols is 1. The van der Waals surface area contributed by atoms with Crippen LogP contribution in [0.5, 0.6) is 5.75 Å². The molecule has 0 aliphatic rings. The maximum absolute atomic E-state index is 13.9. The average molecular weight is 879 g/mol. The Morgan fingerprint density at radius 2 is 1.40 bits per heavy atom. The number of carboxylic acids is 1. The van der Waals surface area contributed by atoms with Gasteiger partial charge in [-0.15, -0.1) is 0 Å². The van der Waals surface area contributed by atoms with Crippen molar-refractivity contribution in [2.24, 2.45) is 0 Å². The summed E-state index contributed by atoms with van der Waals surface area (Å²) in [5, 5.41) is 37.8. The van der Waals surface area contributed by atoms with E-state index in [1.165, 1.54) is 48.5 Å². The number of phenolic OH excluding ortho intramolecular Hbond substituents is 1. The van der Waals surface area contributed by atoms with Crippen molar-refractivity contribution in [3.8, 4) is 5.75 Å². The van der Waals surface area contributed by atoms with E-state index in [4.69, 9.17) is 9.16 Å². The lowest BCUT2D eigenvalue weighted by atomic mass is 9.85. The van der Waals surface area contributed by atoms with Crippen LogP contribution in [0.15, 0.2) is 108 Å². The molecule has 4 aromatic carbocycles. The quantitative estimate of drug-likeness (QED) is 0.0423. The summed E-state index contributed by atoms with van der Waals surface area (Å²) in [7, 11) is -2.49. The molecule has 3 amide bonds. The molecule has 15 heteroatoms. The third-order valence-electron chi connectivity index (χ3n) is 11.1. The summed E-state index contributed by atoms with van der Waals surface area (Å²) in [6.07, 6.45) is -0.851. The van der Waals surface area contributed by atoms with Gasteiger partial charge < -0.3 is 45.0 Å². The van der Waals surface area contributed by atoms with E-state index in [-0.39, 0.29) is 70.6 Å². The summed E-state index contributed by atoms with van der Waals surface area (Å²) >= 11 is 0. The highest BCUT2D eigenvalue weighted by Crippen LogP contribution is 2.42. The summed E-state index contributed by atoms with van der Waals surface area (Å²) in [4.78, 5) is 68.8. The molecule has 63 heavy (non-hydrogen) atoms. The summed E-state index contributed by atoms with van der Waals surface area (Å²) < 4.78 is 12.9. The third-order valence-corrected chi connectivity index (χ3v) is 15.6. The molecule has 0 spiro atoms. The monoisotopic (exact) mass is 878 g/mol. The van der Waals surface area contributed by atoms with Crippen LogP contribution in [-0.2, 0) is 26.1 Å². The minimum absolute atomic E-state index is 0.0342. The number of H-pyrrole nitrogens is 1. The Morgan fingerprint density at radius 1 is 0.778 bits per heavy atom. The van der Waals surface area contributed by atoms with Crippen LogP contribution in [-0.4, -0.2) is 82.6 Å². The zero-order valence-corrected chi connectivity index (χ0v) is 38.1. The molecule has 1 heterocycles. The third kappa shape index (κ3) is 11.8. The number of pyridine rings is 1. The molecule has 0 fully saturated rings. The first-order valence-electron chi connectivity index (χ1n) is 20.8. The van der Waals surface area contributed by atoms with E-state index in [1.54, 1.807) is 80.3 Å². The Hall–Kier alpha value is -6.29. The van der Waals surface area contributed by atoms with E-state index >= 15 is 0 Å². The number of aromatic amines is 1. The number of hydrogen-bond donors (Lipinski definition) is 6. The number of aromatic hydroxyl groups is 1. The second-order valence-electron chi connectivity index (χ2n) is 18.0. The smallest absolute Gasteiger partial charge is 0.410 e. The Labute approximate surface area is 368 Å². The van der Waals surface area contributed by atoms with Gasteiger partial charge in [0.2, 0.25) is 11.2 Å². The van der Waals surface area contributed by atoms with Gasteiger partial charge in [0, 0.05) is 47.8 Å². The molecule has 14 nitrogen and oxygen atoms in total. The number of benzene rings is 4. The first-order valence-corrected chi connectivity index (χ1v) is 23.7. The van der Waals surface area contributed by atoms with Gasteiger partial charge in [-0.1, -0.05) is 81.4 Å². The van der Waals surface area contributed by atoms with Gasteiger partial charge in [-0.25, -0.2) is 9.59 Å². The van der Waals surface area contributed by atoms with Crippen LogP contribution in [0.4, 0.5) is 4.79 Å². The highest BCUT2D eigenvalue weighted by atomic mass is 28.4. The molecular weight excluding hydrogens is 821 g/mol. The predicted octanol–water partition coefficient (Wildman–Crippen LogP) is 7.60. The van der Waals surface area contributed by atoms with Crippen LogP contribution < -0.4 is 16.2 Å².